The summed E-state index contributed by atoms with van der Waals surface area (Å²) in [6.45, 7) is 5.89. The topological polar surface area (TPSA) is 68.5 Å². The Balaban J connectivity index is 2.06. The van der Waals surface area contributed by atoms with Gasteiger partial charge in [0.05, 0.1) is 6.04 Å². The average Bonchev–Trinajstić information content (AvgIpc) is 2.94. The lowest BCUT2D eigenvalue weighted by atomic mass is 10.2. The van der Waals surface area contributed by atoms with Crippen LogP contribution >= 0.6 is 0 Å². The van der Waals surface area contributed by atoms with E-state index in [1.165, 1.54) is 12.3 Å². The molecule has 0 aliphatic rings. The van der Waals surface area contributed by atoms with Crippen LogP contribution in [0.15, 0.2) is 18.6 Å². The van der Waals surface area contributed by atoms with Crippen LogP contribution in [-0.2, 0) is 6.42 Å². The molecule has 2 aromatic heterocycles. The third-order valence-electron chi connectivity index (χ3n) is 3.27. The van der Waals surface area contributed by atoms with Crippen LogP contribution in [0.2, 0.25) is 0 Å². The first-order valence-electron chi connectivity index (χ1n) is 7.31. The number of aromatic nitrogens is 5. The molecule has 6 nitrogen and oxygen atoms in total. The lowest BCUT2D eigenvalue weighted by molar-refractivity contribution is -0.134. The molecule has 0 unspecified atom stereocenters. The van der Waals surface area contributed by atoms with E-state index in [-0.39, 0.29) is 24.5 Å². The van der Waals surface area contributed by atoms with E-state index in [4.69, 9.17) is 0 Å². The number of nitrogens with one attached hydrogen (secondary N) is 1. The summed E-state index contributed by atoms with van der Waals surface area (Å²) < 4.78 is 38.8. The Labute approximate surface area is 132 Å². The summed E-state index contributed by atoms with van der Waals surface area (Å²) in [4.78, 5) is 8.17. The van der Waals surface area contributed by atoms with Gasteiger partial charge in [0.1, 0.15) is 6.33 Å². The Morgan fingerprint density at radius 3 is 2.65 bits per heavy atom. The highest BCUT2D eigenvalue weighted by Crippen LogP contribution is 2.22. The van der Waals surface area contributed by atoms with Gasteiger partial charge in [-0.1, -0.05) is 0 Å². The fourth-order valence-corrected chi connectivity index (χ4v) is 2.09. The minimum absolute atomic E-state index is 0.169. The van der Waals surface area contributed by atoms with Gasteiger partial charge in [0, 0.05) is 24.4 Å². The van der Waals surface area contributed by atoms with Gasteiger partial charge in [-0.2, -0.15) is 13.2 Å². The van der Waals surface area contributed by atoms with Crippen LogP contribution < -0.4 is 5.32 Å². The van der Waals surface area contributed by atoms with E-state index in [0.717, 1.165) is 0 Å². The highest BCUT2D eigenvalue weighted by Gasteiger charge is 2.26. The lowest BCUT2D eigenvalue weighted by Gasteiger charge is -2.17. The van der Waals surface area contributed by atoms with E-state index >= 15 is 0 Å². The first-order chi connectivity index (χ1) is 10.8. The largest absolute Gasteiger partial charge is 0.389 e. The number of hydrogen-bond donors (Lipinski definition) is 1. The van der Waals surface area contributed by atoms with E-state index in [1.54, 1.807) is 6.33 Å². The van der Waals surface area contributed by atoms with Crippen LogP contribution in [0.1, 0.15) is 50.8 Å². The van der Waals surface area contributed by atoms with Crippen LogP contribution in [0.5, 0.6) is 0 Å². The molecule has 0 aliphatic heterocycles. The standard InChI is InChI=1S/C14H19F3N6/c1-9(2)23-8-19-22-12(23)10(3)20-13-18-7-5-11(21-13)4-6-14(15,16)17/h5,7-10H,4,6H2,1-3H3,(H,18,20,21)/t10-/m1/s1. The maximum Gasteiger partial charge on any atom is 0.389 e. The summed E-state index contributed by atoms with van der Waals surface area (Å²) in [5.74, 6) is 0.986. The molecule has 0 radical (unpaired) electrons. The summed E-state index contributed by atoms with van der Waals surface area (Å²) >= 11 is 0. The summed E-state index contributed by atoms with van der Waals surface area (Å²) in [5.41, 5.74) is 0.345. The zero-order valence-corrected chi connectivity index (χ0v) is 13.2. The molecule has 1 atom stereocenters. The number of halogens is 3. The molecule has 126 valence electrons. The Bertz CT molecular complexity index is 637. The molecule has 0 fully saturated rings. The molecule has 2 heterocycles. The molecule has 9 heteroatoms. The van der Waals surface area contributed by atoms with E-state index < -0.39 is 12.6 Å². The van der Waals surface area contributed by atoms with Crippen molar-refractivity contribution in [3.8, 4) is 0 Å². The zero-order valence-electron chi connectivity index (χ0n) is 13.2. The number of nitrogens with zero attached hydrogens (tertiary/aromatic N) is 5. The second kappa shape index (κ2) is 6.93. The highest BCUT2D eigenvalue weighted by atomic mass is 19.4. The fourth-order valence-electron chi connectivity index (χ4n) is 2.09. The van der Waals surface area contributed by atoms with Gasteiger partial charge in [-0.05, 0) is 33.3 Å². The van der Waals surface area contributed by atoms with Gasteiger partial charge in [0.25, 0.3) is 0 Å². The summed E-state index contributed by atoms with van der Waals surface area (Å²) in [6, 6.07) is 1.46. The molecule has 0 aromatic carbocycles. The Hall–Kier alpha value is -2.19. The molecule has 2 aromatic rings. The molecular formula is C14H19F3N6. The second-order valence-electron chi connectivity index (χ2n) is 5.54. The van der Waals surface area contributed by atoms with Crippen LogP contribution in [0.3, 0.4) is 0 Å². The molecule has 0 amide bonds. The van der Waals surface area contributed by atoms with Gasteiger partial charge in [-0.25, -0.2) is 9.97 Å². The van der Waals surface area contributed by atoms with Crippen molar-refractivity contribution in [2.45, 2.75) is 51.9 Å². The SMILES string of the molecule is CC(C)n1cnnc1[C@@H](C)Nc1nccc(CCC(F)(F)F)n1. The van der Waals surface area contributed by atoms with Gasteiger partial charge < -0.3 is 9.88 Å². The van der Waals surface area contributed by atoms with Crippen molar-refractivity contribution in [2.24, 2.45) is 0 Å². The van der Waals surface area contributed by atoms with Gasteiger partial charge in [-0.15, -0.1) is 10.2 Å². The second-order valence-corrected chi connectivity index (χ2v) is 5.54. The number of aryl methyl sites for hydroxylation is 1. The van der Waals surface area contributed by atoms with Crippen molar-refractivity contribution in [2.75, 3.05) is 5.32 Å². The minimum atomic E-state index is -4.19. The number of hydrogen-bond acceptors (Lipinski definition) is 5. The molecule has 0 saturated carbocycles. The predicted molar refractivity (Wildman–Crippen MR) is 78.9 cm³/mol. The third-order valence-corrected chi connectivity index (χ3v) is 3.27. The third kappa shape index (κ3) is 4.90. The van der Waals surface area contributed by atoms with Crippen molar-refractivity contribution >= 4 is 5.95 Å². The minimum Gasteiger partial charge on any atom is -0.344 e. The Morgan fingerprint density at radius 1 is 1.26 bits per heavy atom. The number of rotatable bonds is 6. The molecule has 0 aliphatic carbocycles. The van der Waals surface area contributed by atoms with Gasteiger partial charge in [0.2, 0.25) is 5.95 Å². The normalized spacial score (nSPS) is 13.3. The van der Waals surface area contributed by atoms with E-state index in [2.05, 4.69) is 25.5 Å². The first kappa shape index (κ1) is 17.2. The quantitative estimate of drug-likeness (QED) is 0.881. The fraction of sp³-hybridized carbons (Fsp3) is 0.571. The lowest BCUT2D eigenvalue weighted by Crippen LogP contribution is -2.16. The van der Waals surface area contributed by atoms with Crippen molar-refractivity contribution < 1.29 is 13.2 Å². The molecule has 2 rings (SSSR count). The van der Waals surface area contributed by atoms with Gasteiger partial charge in [-0.3, -0.25) is 0 Å². The Kier molecular flexibility index (Phi) is 5.17. The smallest absolute Gasteiger partial charge is 0.344 e. The van der Waals surface area contributed by atoms with E-state index in [0.29, 0.717) is 11.5 Å². The number of alkyl halides is 3. The molecular weight excluding hydrogens is 309 g/mol. The summed E-state index contributed by atoms with van der Waals surface area (Å²) in [5, 5.41) is 11.0. The zero-order chi connectivity index (χ0) is 17.0. The first-order valence-corrected chi connectivity index (χ1v) is 7.31. The maximum atomic E-state index is 12.3. The number of anilines is 1. The van der Waals surface area contributed by atoms with E-state index in [9.17, 15) is 13.2 Å². The molecule has 0 bridgehead atoms. The van der Waals surface area contributed by atoms with Crippen LogP contribution in [0, 0.1) is 0 Å². The van der Waals surface area contributed by atoms with Crippen molar-refractivity contribution in [3.05, 3.63) is 30.1 Å². The summed E-state index contributed by atoms with van der Waals surface area (Å²) in [7, 11) is 0. The van der Waals surface area contributed by atoms with Crippen LogP contribution in [-0.4, -0.2) is 30.9 Å². The molecule has 0 spiro atoms. The predicted octanol–water partition coefficient (Wildman–Crippen LogP) is 3.32. The van der Waals surface area contributed by atoms with Crippen LogP contribution in [0.4, 0.5) is 19.1 Å². The van der Waals surface area contributed by atoms with E-state index in [1.807, 2.05) is 25.3 Å². The molecule has 0 saturated heterocycles. The maximum absolute atomic E-state index is 12.3. The van der Waals surface area contributed by atoms with Gasteiger partial charge >= 0.3 is 6.18 Å². The average molecular weight is 328 g/mol. The van der Waals surface area contributed by atoms with Crippen LogP contribution in [0.25, 0.3) is 0 Å². The van der Waals surface area contributed by atoms with Crippen molar-refractivity contribution in [3.63, 3.8) is 0 Å². The molecule has 1 N–H and O–H groups in total. The van der Waals surface area contributed by atoms with Crippen molar-refractivity contribution in [1.29, 1.82) is 0 Å². The van der Waals surface area contributed by atoms with Crippen molar-refractivity contribution in [1.82, 2.24) is 24.7 Å². The Morgan fingerprint density at radius 2 is 2.00 bits per heavy atom. The monoisotopic (exact) mass is 328 g/mol. The van der Waals surface area contributed by atoms with Gasteiger partial charge in [0.15, 0.2) is 5.82 Å². The highest BCUT2D eigenvalue weighted by molar-refractivity contribution is 5.28. The summed E-state index contributed by atoms with van der Waals surface area (Å²) in [6.07, 6.45) is -2.18. The molecule has 23 heavy (non-hydrogen) atoms.